The van der Waals surface area contributed by atoms with Crippen molar-refractivity contribution in [1.82, 2.24) is 9.21 Å². The third-order valence-electron chi connectivity index (χ3n) is 3.32. The van der Waals surface area contributed by atoms with Crippen molar-refractivity contribution in [3.8, 4) is 0 Å². The average Bonchev–Trinajstić information content (AvgIpc) is 2.76. The highest BCUT2D eigenvalue weighted by molar-refractivity contribution is 9.10. The summed E-state index contributed by atoms with van der Waals surface area (Å²) in [5.41, 5.74) is 5.88. The molecule has 1 atom stereocenters. The van der Waals surface area contributed by atoms with Crippen molar-refractivity contribution in [1.29, 1.82) is 0 Å². The Morgan fingerprint density at radius 1 is 1.42 bits per heavy atom. The zero-order chi connectivity index (χ0) is 14.0. The van der Waals surface area contributed by atoms with E-state index in [0.717, 1.165) is 17.6 Å². The molecule has 0 bridgehead atoms. The lowest BCUT2D eigenvalue weighted by Gasteiger charge is -2.37. The molecule has 5 nitrogen and oxygen atoms in total. The van der Waals surface area contributed by atoms with Crippen LogP contribution in [0.5, 0.6) is 0 Å². The van der Waals surface area contributed by atoms with Crippen LogP contribution in [0.3, 0.4) is 0 Å². The molecule has 1 aromatic rings. The van der Waals surface area contributed by atoms with Gasteiger partial charge in [-0.05, 0) is 22.0 Å². The zero-order valence-corrected chi connectivity index (χ0v) is 14.0. The largest absolute Gasteiger partial charge is 0.329 e. The lowest BCUT2D eigenvalue weighted by molar-refractivity contribution is 0.142. The fraction of sp³-hybridized carbons (Fsp3) is 0.636. The number of thiophene rings is 1. The standard InChI is InChI=1S/C11H18BrN3O2S2/c1-19(16,17)15-4-2-14(3-5-15)10(7-13)11-6-9(12)8-18-11/h6,8,10H,2-5,7,13H2,1H3. The quantitative estimate of drug-likeness (QED) is 0.864. The number of sulfonamides is 1. The molecular weight excluding hydrogens is 350 g/mol. The number of rotatable bonds is 4. The molecule has 8 heteroatoms. The van der Waals surface area contributed by atoms with Crippen LogP contribution in [0.2, 0.25) is 0 Å². The summed E-state index contributed by atoms with van der Waals surface area (Å²) in [5, 5.41) is 2.05. The van der Waals surface area contributed by atoms with Gasteiger partial charge in [-0.2, -0.15) is 4.31 Å². The minimum atomic E-state index is -3.07. The van der Waals surface area contributed by atoms with Crippen molar-refractivity contribution in [3.05, 3.63) is 20.8 Å². The second-order valence-corrected chi connectivity index (χ2v) is 8.46. The van der Waals surface area contributed by atoms with Crippen LogP contribution in [0.15, 0.2) is 15.9 Å². The van der Waals surface area contributed by atoms with Gasteiger partial charge < -0.3 is 5.73 Å². The molecule has 0 amide bonds. The Kier molecular flexibility index (Phi) is 5.02. The van der Waals surface area contributed by atoms with E-state index in [1.807, 2.05) is 5.38 Å². The summed E-state index contributed by atoms with van der Waals surface area (Å²) in [6, 6.07) is 2.27. The maximum absolute atomic E-state index is 11.5. The monoisotopic (exact) mass is 367 g/mol. The molecule has 1 aromatic heterocycles. The Morgan fingerprint density at radius 2 is 2.05 bits per heavy atom. The normalized spacial score (nSPS) is 20.6. The Hall–Kier alpha value is 0.01000. The van der Waals surface area contributed by atoms with Crippen LogP contribution in [-0.2, 0) is 10.0 Å². The molecule has 108 valence electrons. The minimum Gasteiger partial charge on any atom is -0.329 e. The van der Waals surface area contributed by atoms with Gasteiger partial charge in [0.15, 0.2) is 0 Å². The van der Waals surface area contributed by atoms with Gasteiger partial charge >= 0.3 is 0 Å². The highest BCUT2D eigenvalue weighted by atomic mass is 79.9. The van der Waals surface area contributed by atoms with E-state index in [-0.39, 0.29) is 6.04 Å². The lowest BCUT2D eigenvalue weighted by Crippen LogP contribution is -2.50. The van der Waals surface area contributed by atoms with E-state index in [0.29, 0.717) is 19.6 Å². The summed E-state index contributed by atoms with van der Waals surface area (Å²) < 4.78 is 25.6. The van der Waals surface area contributed by atoms with Gasteiger partial charge in [-0.25, -0.2) is 8.42 Å². The van der Waals surface area contributed by atoms with Gasteiger partial charge in [0, 0.05) is 47.5 Å². The van der Waals surface area contributed by atoms with Crippen molar-refractivity contribution >= 4 is 37.3 Å². The third-order valence-corrected chi connectivity index (χ3v) is 6.42. The Labute approximate surface area is 126 Å². The first-order chi connectivity index (χ1) is 8.91. The molecule has 1 unspecified atom stereocenters. The predicted molar refractivity (Wildman–Crippen MR) is 81.8 cm³/mol. The SMILES string of the molecule is CS(=O)(=O)N1CCN(C(CN)c2cc(Br)cs2)CC1. The molecule has 19 heavy (non-hydrogen) atoms. The topological polar surface area (TPSA) is 66.6 Å². The van der Waals surface area contributed by atoms with Crippen molar-refractivity contribution < 1.29 is 8.42 Å². The molecule has 1 aliphatic heterocycles. The summed E-state index contributed by atoms with van der Waals surface area (Å²) in [7, 11) is -3.07. The molecule has 0 aliphatic carbocycles. The van der Waals surface area contributed by atoms with Gasteiger partial charge in [0.2, 0.25) is 10.0 Å². The first kappa shape index (κ1) is 15.4. The summed E-state index contributed by atoms with van der Waals surface area (Å²) in [4.78, 5) is 3.49. The number of piperazine rings is 1. The highest BCUT2D eigenvalue weighted by Gasteiger charge is 2.28. The average molecular weight is 368 g/mol. The van der Waals surface area contributed by atoms with Crippen LogP contribution in [0.4, 0.5) is 0 Å². The fourth-order valence-corrected chi connectivity index (χ4v) is 4.71. The number of halogens is 1. The molecule has 2 rings (SSSR count). The maximum atomic E-state index is 11.5. The maximum Gasteiger partial charge on any atom is 0.211 e. The first-order valence-corrected chi connectivity index (χ1v) is 9.57. The molecular formula is C11H18BrN3O2S2. The third kappa shape index (κ3) is 3.77. The number of nitrogens with zero attached hydrogens (tertiary/aromatic N) is 2. The van der Waals surface area contributed by atoms with E-state index in [4.69, 9.17) is 5.73 Å². The molecule has 0 radical (unpaired) electrons. The number of hydrogen-bond donors (Lipinski definition) is 1. The highest BCUT2D eigenvalue weighted by Crippen LogP contribution is 2.29. The minimum absolute atomic E-state index is 0.179. The molecule has 2 N–H and O–H groups in total. The van der Waals surface area contributed by atoms with Gasteiger partial charge in [0.1, 0.15) is 0 Å². The molecule has 0 aromatic carbocycles. The van der Waals surface area contributed by atoms with E-state index in [1.54, 1.807) is 11.3 Å². The first-order valence-electron chi connectivity index (χ1n) is 6.05. The predicted octanol–water partition coefficient (Wildman–Crippen LogP) is 1.09. The van der Waals surface area contributed by atoms with Crippen LogP contribution >= 0.6 is 27.3 Å². The Bertz CT molecular complexity index is 524. The van der Waals surface area contributed by atoms with Gasteiger partial charge in [-0.3, -0.25) is 4.90 Å². The van der Waals surface area contributed by atoms with Crippen LogP contribution in [-0.4, -0.2) is 56.6 Å². The van der Waals surface area contributed by atoms with E-state index < -0.39 is 10.0 Å². The van der Waals surface area contributed by atoms with E-state index >= 15 is 0 Å². The van der Waals surface area contributed by atoms with Crippen molar-refractivity contribution in [3.63, 3.8) is 0 Å². The van der Waals surface area contributed by atoms with Gasteiger partial charge in [-0.1, -0.05) is 0 Å². The van der Waals surface area contributed by atoms with E-state index in [9.17, 15) is 8.42 Å². The Balaban J connectivity index is 2.03. The lowest BCUT2D eigenvalue weighted by atomic mass is 10.2. The molecule has 0 saturated carbocycles. The number of nitrogens with two attached hydrogens (primary N) is 1. The second kappa shape index (κ2) is 6.19. The number of hydrogen-bond acceptors (Lipinski definition) is 5. The summed E-state index contributed by atoms with van der Waals surface area (Å²) in [6.07, 6.45) is 1.26. The van der Waals surface area contributed by atoms with Crippen molar-refractivity contribution in [2.45, 2.75) is 6.04 Å². The van der Waals surface area contributed by atoms with Gasteiger partial charge in [-0.15, -0.1) is 11.3 Å². The van der Waals surface area contributed by atoms with E-state index in [1.165, 1.54) is 15.4 Å². The van der Waals surface area contributed by atoms with Gasteiger partial charge in [0.25, 0.3) is 0 Å². The smallest absolute Gasteiger partial charge is 0.211 e. The zero-order valence-electron chi connectivity index (χ0n) is 10.8. The second-order valence-electron chi connectivity index (χ2n) is 4.62. The van der Waals surface area contributed by atoms with Crippen LogP contribution < -0.4 is 5.73 Å². The molecule has 1 aliphatic rings. The Morgan fingerprint density at radius 3 is 2.47 bits per heavy atom. The van der Waals surface area contributed by atoms with Crippen LogP contribution in [0, 0.1) is 0 Å². The fourth-order valence-electron chi connectivity index (χ4n) is 2.30. The van der Waals surface area contributed by atoms with E-state index in [2.05, 4.69) is 26.9 Å². The molecule has 1 fully saturated rings. The molecule has 0 spiro atoms. The van der Waals surface area contributed by atoms with Crippen LogP contribution in [0.25, 0.3) is 0 Å². The summed E-state index contributed by atoms with van der Waals surface area (Å²) in [5.74, 6) is 0. The van der Waals surface area contributed by atoms with Gasteiger partial charge in [0.05, 0.1) is 12.3 Å². The molecule has 1 saturated heterocycles. The van der Waals surface area contributed by atoms with Crippen LogP contribution in [0.1, 0.15) is 10.9 Å². The molecule has 2 heterocycles. The summed E-state index contributed by atoms with van der Waals surface area (Å²) in [6.45, 7) is 3.09. The summed E-state index contributed by atoms with van der Waals surface area (Å²) >= 11 is 5.13. The van der Waals surface area contributed by atoms with Crippen molar-refractivity contribution in [2.24, 2.45) is 5.73 Å². The van der Waals surface area contributed by atoms with Crippen molar-refractivity contribution in [2.75, 3.05) is 39.0 Å².